The molecule has 1 aromatic rings. The molecule has 1 aromatic carbocycles. The highest BCUT2D eigenvalue weighted by Crippen LogP contribution is 2.61. The number of hydrogen-bond acceptors (Lipinski definition) is 2. The molecule has 0 spiro atoms. The number of ether oxygens (including phenoxy) is 1. The molecule has 2 fully saturated rings. The van der Waals surface area contributed by atoms with Gasteiger partial charge in [-0.3, -0.25) is 4.79 Å². The topological polar surface area (TPSA) is 26.3 Å². The van der Waals surface area contributed by atoms with Gasteiger partial charge in [0, 0.05) is 11.8 Å². The Morgan fingerprint density at radius 2 is 2.05 bits per heavy atom. The lowest BCUT2D eigenvalue weighted by atomic mass is 9.52. The number of carbonyl (C=O) groups is 1. The molecule has 2 saturated carbocycles. The number of rotatable bonds is 1. The van der Waals surface area contributed by atoms with E-state index < -0.39 is 0 Å². The first-order valence-corrected chi connectivity index (χ1v) is 8.74. The molecule has 0 radical (unpaired) electrons. The van der Waals surface area contributed by atoms with Crippen molar-refractivity contribution < 1.29 is 9.53 Å². The quantitative estimate of drug-likeness (QED) is 0.769. The number of fused-ring (bicyclic) bond motifs is 5. The molecule has 0 amide bonds. The van der Waals surface area contributed by atoms with Gasteiger partial charge < -0.3 is 4.74 Å². The standard InChI is InChI=1S/C20H26O2/c1-12-11-20(2)17(8-9-18(20)21)16-6-4-13-10-14(22-3)5-7-15(13)19(12)16/h5,7,10,12,16-17,19H,4,6,8-9,11H2,1-3H3/t12-,16-,17+,19-,20-/m0/s1. The first-order valence-electron chi connectivity index (χ1n) is 8.74. The fourth-order valence-electron chi connectivity index (χ4n) is 6.01. The third kappa shape index (κ3) is 1.82. The molecule has 22 heavy (non-hydrogen) atoms. The number of hydrogen-bond donors (Lipinski definition) is 0. The fraction of sp³-hybridized carbons (Fsp3) is 0.650. The van der Waals surface area contributed by atoms with Crippen LogP contribution in [0, 0.1) is 23.2 Å². The Balaban J connectivity index is 1.75. The summed E-state index contributed by atoms with van der Waals surface area (Å²) in [5.41, 5.74) is 2.97. The zero-order valence-electron chi connectivity index (χ0n) is 13.9. The number of aryl methyl sites for hydroxylation is 1. The van der Waals surface area contributed by atoms with Crippen molar-refractivity contribution in [3.63, 3.8) is 0 Å². The third-order valence-electron chi connectivity index (χ3n) is 6.93. The largest absolute Gasteiger partial charge is 0.497 e. The van der Waals surface area contributed by atoms with E-state index in [9.17, 15) is 4.79 Å². The zero-order chi connectivity index (χ0) is 15.5. The predicted octanol–water partition coefficient (Wildman–Crippen LogP) is 4.37. The molecule has 2 nitrogen and oxygen atoms in total. The molecule has 0 aromatic heterocycles. The second-order valence-corrected chi connectivity index (χ2v) is 7.96. The summed E-state index contributed by atoms with van der Waals surface area (Å²) in [7, 11) is 1.74. The molecule has 3 aliphatic rings. The third-order valence-corrected chi connectivity index (χ3v) is 6.93. The van der Waals surface area contributed by atoms with E-state index in [1.165, 1.54) is 17.5 Å². The predicted molar refractivity (Wildman–Crippen MR) is 87.2 cm³/mol. The lowest BCUT2D eigenvalue weighted by molar-refractivity contribution is -0.130. The number of methoxy groups -OCH3 is 1. The van der Waals surface area contributed by atoms with Crippen LogP contribution in [-0.4, -0.2) is 12.9 Å². The van der Waals surface area contributed by atoms with Crippen LogP contribution in [0.1, 0.15) is 56.6 Å². The van der Waals surface area contributed by atoms with Crippen molar-refractivity contribution in [2.45, 2.75) is 51.9 Å². The number of carbonyl (C=O) groups excluding carboxylic acids is 1. The maximum atomic E-state index is 12.5. The summed E-state index contributed by atoms with van der Waals surface area (Å²) < 4.78 is 5.40. The Hall–Kier alpha value is -1.31. The molecule has 5 atom stereocenters. The summed E-state index contributed by atoms with van der Waals surface area (Å²) in [6.07, 6.45) is 5.38. The molecule has 0 bridgehead atoms. The smallest absolute Gasteiger partial charge is 0.139 e. The maximum Gasteiger partial charge on any atom is 0.139 e. The molecule has 0 heterocycles. The van der Waals surface area contributed by atoms with E-state index in [0.29, 0.717) is 29.5 Å². The highest BCUT2D eigenvalue weighted by Gasteiger charge is 2.56. The summed E-state index contributed by atoms with van der Waals surface area (Å²) >= 11 is 0. The zero-order valence-corrected chi connectivity index (χ0v) is 13.9. The molecule has 0 saturated heterocycles. The second kappa shape index (κ2) is 4.84. The van der Waals surface area contributed by atoms with Crippen molar-refractivity contribution in [1.82, 2.24) is 0 Å². The Labute approximate surface area is 133 Å². The van der Waals surface area contributed by atoms with Crippen molar-refractivity contribution in [3.05, 3.63) is 29.3 Å². The average Bonchev–Trinajstić information content (AvgIpc) is 2.81. The highest BCUT2D eigenvalue weighted by molar-refractivity contribution is 5.87. The van der Waals surface area contributed by atoms with Crippen molar-refractivity contribution in [1.29, 1.82) is 0 Å². The lowest BCUT2D eigenvalue weighted by Crippen LogP contribution is -2.46. The van der Waals surface area contributed by atoms with Crippen LogP contribution in [0.3, 0.4) is 0 Å². The van der Waals surface area contributed by atoms with Crippen LogP contribution in [0.25, 0.3) is 0 Å². The molecule has 0 unspecified atom stereocenters. The summed E-state index contributed by atoms with van der Waals surface area (Å²) in [5, 5.41) is 0. The number of Topliss-reactive ketones (excluding diaryl/α,β-unsaturated/α-hetero) is 1. The Kier molecular flexibility index (Phi) is 3.15. The number of ketones is 1. The fourth-order valence-corrected chi connectivity index (χ4v) is 6.01. The van der Waals surface area contributed by atoms with Gasteiger partial charge in [-0.2, -0.15) is 0 Å². The molecule has 0 aliphatic heterocycles. The van der Waals surface area contributed by atoms with E-state index in [-0.39, 0.29) is 5.41 Å². The highest BCUT2D eigenvalue weighted by atomic mass is 16.5. The van der Waals surface area contributed by atoms with Crippen LogP contribution in [-0.2, 0) is 11.2 Å². The van der Waals surface area contributed by atoms with Crippen LogP contribution in [0.15, 0.2) is 18.2 Å². The van der Waals surface area contributed by atoms with Gasteiger partial charge >= 0.3 is 0 Å². The van der Waals surface area contributed by atoms with Crippen LogP contribution in [0.2, 0.25) is 0 Å². The molecule has 4 rings (SSSR count). The molecular weight excluding hydrogens is 272 g/mol. The van der Waals surface area contributed by atoms with Crippen molar-refractivity contribution in [3.8, 4) is 5.75 Å². The van der Waals surface area contributed by atoms with Gasteiger partial charge in [-0.25, -0.2) is 0 Å². The second-order valence-electron chi connectivity index (χ2n) is 7.96. The monoisotopic (exact) mass is 298 g/mol. The SMILES string of the molecule is COc1ccc2c(c1)CC[C@@H]1[C@H]2[C@@H](C)C[C@]2(C)C(=O)CC[C@H]12. The number of benzene rings is 1. The Morgan fingerprint density at radius 3 is 2.82 bits per heavy atom. The van der Waals surface area contributed by atoms with E-state index in [1.807, 2.05) is 0 Å². The maximum absolute atomic E-state index is 12.5. The molecular formula is C20H26O2. The summed E-state index contributed by atoms with van der Waals surface area (Å²) in [4.78, 5) is 12.5. The lowest BCUT2D eigenvalue weighted by Gasteiger charge is -2.51. The van der Waals surface area contributed by atoms with Gasteiger partial charge in [-0.05, 0) is 72.6 Å². The van der Waals surface area contributed by atoms with Gasteiger partial charge in [0.25, 0.3) is 0 Å². The first kappa shape index (κ1) is 14.3. The van der Waals surface area contributed by atoms with Gasteiger partial charge in [0.15, 0.2) is 0 Å². The van der Waals surface area contributed by atoms with E-state index in [1.54, 1.807) is 7.11 Å². The normalized spacial score (nSPS) is 39.9. The van der Waals surface area contributed by atoms with Crippen molar-refractivity contribution >= 4 is 5.78 Å². The van der Waals surface area contributed by atoms with Crippen LogP contribution < -0.4 is 4.74 Å². The summed E-state index contributed by atoms with van der Waals surface area (Å²) in [5.74, 6) is 4.04. The van der Waals surface area contributed by atoms with Gasteiger partial charge in [0.05, 0.1) is 7.11 Å². The van der Waals surface area contributed by atoms with E-state index in [4.69, 9.17) is 4.74 Å². The first-order chi connectivity index (χ1) is 10.5. The summed E-state index contributed by atoms with van der Waals surface area (Å²) in [6, 6.07) is 6.63. The van der Waals surface area contributed by atoms with Gasteiger partial charge in [-0.1, -0.05) is 19.9 Å². The minimum Gasteiger partial charge on any atom is -0.497 e. The summed E-state index contributed by atoms with van der Waals surface area (Å²) in [6.45, 7) is 4.62. The van der Waals surface area contributed by atoms with Gasteiger partial charge in [0.2, 0.25) is 0 Å². The molecule has 2 heteroatoms. The minimum absolute atomic E-state index is 0.0371. The van der Waals surface area contributed by atoms with E-state index in [0.717, 1.165) is 31.4 Å². The van der Waals surface area contributed by atoms with Gasteiger partial charge in [-0.15, -0.1) is 0 Å². The minimum atomic E-state index is -0.0371. The van der Waals surface area contributed by atoms with E-state index in [2.05, 4.69) is 32.0 Å². The Bertz CT molecular complexity index is 620. The molecule has 3 aliphatic carbocycles. The Morgan fingerprint density at radius 1 is 1.23 bits per heavy atom. The van der Waals surface area contributed by atoms with Gasteiger partial charge in [0.1, 0.15) is 11.5 Å². The van der Waals surface area contributed by atoms with E-state index >= 15 is 0 Å². The molecule has 118 valence electrons. The molecule has 0 N–H and O–H groups in total. The van der Waals surface area contributed by atoms with Crippen LogP contribution in [0.4, 0.5) is 0 Å². The average molecular weight is 298 g/mol. The van der Waals surface area contributed by atoms with Crippen molar-refractivity contribution in [2.75, 3.05) is 7.11 Å². The van der Waals surface area contributed by atoms with Crippen LogP contribution >= 0.6 is 0 Å². The van der Waals surface area contributed by atoms with Crippen LogP contribution in [0.5, 0.6) is 5.75 Å². The van der Waals surface area contributed by atoms with Crippen molar-refractivity contribution in [2.24, 2.45) is 23.2 Å².